The van der Waals surface area contributed by atoms with Gasteiger partial charge in [0, 0.05) is 24.0 Å². The summed E-state index contributed by atoms with van der Waals surface area (Å²) in [5.74, 6) is -4.33. The molecule has 0 bridgehead atoms. The maximum absolute atomic E-state index is 14.2. The van der Waals surface area contributed by atoms with Crippen molar-refractivity contribution in [3.63, 3.8) is 0 Å². The first-order valence-corrected chi connectivity index (χ1v) is 12.3. The van der Waals surface area contributed by atoms with Gasteiger partial charge >= 0.3 is 6.18 Å². The summed E-state index contributed by atoms with van der Waals surface area (Å²) in [6.45, 7) is 1.58. The molecule has 0 aliphatic heterocycles. The van der Waals surface area contributed by atoms with Gasteiger partial charge in [0.1, 0.15) is 23.5 Å². The highest BCUT2D eigenvalue weighted by atomic mass is 19.4. The molecule has 0 radical (unpaired) electrons. The Kier molecular flexibility index (Phi) is 8.45. The molecule has 0 spiro atoms. The smallest absolute Gasteiger partial charge is 0.366 e. The second kappa shape index (κ2) is 11.8. The molecule has 3 N–H and O–H groups in total. The largest absolute Gasteiger partial charge is 0.435 e. The minimum atomic E-state index is -4.72. The molecule has 2 heterocycles. The number of nitrogens with two attached hydrogens (primary N) is 1. The molecule has 1 unspecified atom stereocenters. The topological polar surface area (TPSA) is 103 Å². The van der Waals surface area contributed by atoms with Crippen LogP contribution >= 0.6 is 0 Å². The number of hydrogen-bond acceptors (Lipinski definition) is 4. The molecule has 7 nitrogen and oxygen atoms in total. The van der Waals surface area contributed by atoms with Crippen molar-refractivity contribution in [2.24, 2.45) is 5.73 Å². The van der Waals surface area contributed by atoms with E-state index in [2.05, 4.69) is 15.4 Å². The van der Waals surface area contributed by atoms with Crippen molar-refractivity contribution in [3.05, 3.63) is 107 Å². The van der Waals surface area contributed by atoms with Crippen LogP contribution in [0.3, 0.4) is 0 Å². The van der Waals surface area contributed by atoms with Gasteiger partial charge < -0.3 is 11.1 Å². The minimum Gasteiger partial charge on any atom is -0.366 e. The summed E-state index contributed by atoms with van der Waals surface area (Å²) in [4.78, 5) is 29.5. The number of carbonyl (C=O) groups is 2. The van der Waals surface area contributed by atoms with Crippen LogP contribution in [0.4, 0.5) is 26.3 Å². The number of halogens is 6. The number of pyridine rings is 1. The van der Waals surface area contributed by atoms with Crippen molar-refractivity contribution >= 4 is 11.8 Å². The third-order valence-electron chi connectivity index (χ3n) is 6.30. The number of carbonyl (C=O) groups excluding carboxylic acids is 2. The zero-order chi connectivity index (χ0) is 29.9. The molecule has 0 saturated heterocycles. The Bertz CT molecular complexity index is 1570. The number of nitrogens with one attached hydrogen (secondary N) is 1. The van der Waals surface area contributed by atoms with Gasteiger partial charge in [0.25, 0.3) is 5.91 Å². The number of rotatable bonds is 9. The SMILES string of the molecule is CCC(C(=O)N[C@@H](Cc1cc(F)cc(F)c1)c1ncccc1-c1ccc(F)c(C(N)=O)c1)n1ccc(C(F)(F)F)n1. The van der Waals surface area contributed by atoms with E-state index in [4.69, 9.17) is 5.73 Å². The van der Waals surface area contributed by atoms with Crippen LogP contribution in [0.25, 0.3) is 11.1 Å². The first-order chi connectivity index (χ1) is 19.4. The lowest BCUT2D eigenvalue weighted by Gasteiger charge is -2.24. The number of nitrogens with zero attached hydrogens (tertiary/aromatic N) is 3. The maximum Gasteiger partial charge on any atom is 0.435 e. The van der Waals surface area contributed by atoms with E-state index in [1.807, 2.05) is 0 Å². The molecule has 41 heavy (non-hydrogen) atoms. The molecule has 2 aromatic carbocycles. The van der Waals surface area contributed by atoms with Gasteiger partial charge in [-0.2, -0.15) is 18.3 Å². The van der Waals surface area contributed by atoms with E-state index in [9.17, 15) is 35.9 Å². The quantitative estimate of drug-likeness (QED) is 0.256. The molecule has 13 heteroatoms. The molecule has 214 valence electrons. The number of aromatic nitrogens is 3. The predicted octanol–water partition coefficient (Wildman–Crippen LogP) is 5.53. The number of amides is 2. The third kappa shape index (κ3) is 6.73. The lowest BCUT2D eigenvalue weighted by Crippen LogP contribution is -2.37. The van der Waals surface area contributed by atoms with Gasteiger partial charge in [0.05, 0.1) is 17.3 Å². The van der Waals surface area contributed by atoms with Crippen molar-refractivity contribution in [1.29, 1.82) is 0 Å². The van der Waals surface area contributed by atoms with Crippen molar-refractivity contribution in [2.75, 3.05) is 0 Å². The molecule has 2 amide bonds. The Morgan fingerprint density at radius 3 is 2.34 bits per heavy atom. The van der Waals surface area contributed by atoms with E-state index in [1.165, 1.54) is 18.3 Å². The molecule has 4 aromatic rings. The Labute approximate surface area is 230 Å². The average Bonchev–Trinajstić information content (AvgIpc) is 3.39. The summed E-state index contributed by atoms with van der Waals surface area (Å²) in [6, 6.07) is 8.02. The van der Waals surface area contributed by atoms with Crippen LogP contribution in [0.2, 0.25) is 0 Å². The zero-order valence-corrected chi connectivity index (χ0v) is 21.4. The fourth-order valence-corrected chi connectivity index (χ4v) is 4.42. The monoisotopic (exact) mass is 575 g/mol. The highest BCUT2D eigenvalue weighted by Gasteiger charge is 2.35. The maximum atomic E-state index is 14.2. The second-order valence-electron chi connectivity index (χ2n) is 9.14. The van der Waals surface area contributed by atoms with E-state index >= 15 is 0 Å². The molecule has 0 saturated carbocycles. The Morgan fingerprint density at radius 2 is 1.73 bits per heavy atom. The molecule has 2 aromatic heterocycles. The van der Waals surface area contributed by atoms with Crippen LogP contribution in [0, 0.1) is 17.5 Å². The predicted molar refractivity (Wildman–Crippen MR) is 136 cm³/mol. The molecule has 0 fully saturated rings. The lowest BCUT2D eigenvalue weighted by molar-refractivity contribution is -0.142. The molecule has 2 atom stereocenters. The molecule has 4 rings (SSSR count). The van der Waals surface area contributed by atoms with Crippen molar-refractivity contribution < 1.29 is 35.9 Å². The van der Waals surface area contributed by atoms with Gasteiger partial charge in [0.2, 0.25) is 5.91 Å². The van der Waals surface area contributed by atoms with Crippen molar-refractivity contribution in [2.45, 2.75) is 38.0 Å². The fraction of sp³-hybridized carbons (Fsp3) is 0.214. The summed E-state index contributed by atoms with van der Waals surface area (Å²) >= 11 is 0. The van der Waals surface area contributed by atoms with Gasteiger partial charge in [-0.25, -0.2) is 13.2 Å². The van der Waals surface area contributed by atoms with Gasteiger partial charge in [-0.3, -0.25) is 19.3 Å². The van der Waals surface area contributed by atoms with Crippen molar-refractivity contribution in [3.8, 4) is 11.1 Å². The van der Waals surface area contributed by atoms with E-state index in [0.717, 1.165) is 35.1 Å². The van der Waals surface area contributed by atoms with Gasteiger partial charge in [0.15, 0.2) is 5.69 Å². The Balaban J connectivity index is 1.77. The van der Waals surface area contributed by atoms with E-state index in [-0.39, 0.29) is 24.1 Å². The molecule has 0 aliphatic rings. The first-order valence-electron chi connectivity index (χ1n) is 12.3. The Hall–Kier alpha value is -4.68. The van der Waals surface area contributed by atoms with Gasteiger partial charge in [-0.1, -0.05) is 19.1 Å². The fourth-order valence-electron chi connectivity index (χ4n) is 4.42. The van der Waals surface area contributed by atoms with E-state index in [0.29, 0.717) is 17.2 Å². The first kappa shape index (κ1) is 29.3. The summed E-state index contributed by atoms with van der Waals surface area (Å²) in [5.41, 5.74) is 4.69. The highest BCUT2D eigenvalue weighted by Crippen LogP contribution is 2.32. The highest BCUT2D eigenvalue weighted by molar-refractivity contribution is 5.94. The number of alkyl halides is 3. The van der Waals surface area contributed by atoms with Crippen LogP contribution in [-0.4, -0.2) is 26.6 Å². The Morgan fingerprint density at radius 1 is 1.02 bits per heavy atom. The minimum absolute atomic E-state index is 0.0567. The lowest BCUT2D eigenvalue weighted by atomic mass is 9.94. The normalized spacial score (nSPS) is 13.0. The molecular formula is C28H23F6N5O2. The van der Waals surface area contributed by atoms with Crippen LogP contribution in [0.5, 0.6) is 0 Å². The third-order valence-corrected chi connectivity index (χ3v) is 6.30. The van der Waals surface area contributed by atoms with Gasteiger partial charge in [-0.15, -0.1) is 0 Å². The van der Waals surface area contributed by atoms with Crippen molar-refractivity contribution in [1.82, 2.24) is 20.1 Å². The zero-order valence-electron chi connectivity index (χ0n) is 21.4. The number of hydrogen-bond donors (Lipinski definition) is 2. The summed E-state index contributed by atoms with van der Waals surface area (Å²) < 4.78 is 82.5. The van der Waals surface area contributed by atoms with E-state index < -0.39 is 58.8 Å². The van der Waals surface area contributed by atoms with Crippen LogP contribution in [0.1, 0.15) is 52.7 Å². The van der Waals surface area contributed by atoms with Crippen LogP contribution in [0.15, 0.2) is 67.0 Å². The number of primary amides is 1. The summed E-state index contributed by atoms with van der Waals surface area (Å²) in [5, 5.41) is 6.22. The average molecular weight is 576 g/mol. The van der Waals surface area contributed by atoms with Gasteiger partial charge in [-0.05, 0) is 60.4 Å². The van der Waals surface area contributed by atoms with Crippen LogP contribution in [-0.2, 0) is 17.4 Å². The summed E-state index contributed by atoms with van der Waals surface area (Å²) in [7, 11) is 0. The molecular weight excluding hydrogens is 552 g/mol. The van der Waals surface area contributed by atoms with E-state index in [1.54, 1.807) is 19.1 Å². The second-order valence-corrected chi connectivity index (χ2v) is 9.14. The summed E-state index contributed by atoms with van der Waals surface area (Å²) in [6.07, 6.45) is -2.42. The number of benzene rings is 2. The standard InChI is InChI=1S/C28H23F6N5O2/c1-2-23(39-9-7-24(38-39)28(32,33)34)27(41)37-22(12-15-10-17(29)14-18(30)11-15)25-19(4-3-8-36-25)16-5-6-21(31)20(13-16)26(35)40/h3-11,13-14,22-23H,2,12H2,1H3,(H2,35,40)(H,37,41)/t22-,23?/m0/s1. The molecule has 0 aliphatic carbocycles. The van der Waals surface area contributed by atoms with Crippen LogP contribution < -0.4 is 11.1 Å².